The van der Waals surface area contributed by atoms with Crippen LogP contribution in [-0.4, -0.2) is 95.3 Å². The van der Waals surface area contributed by atoms with Crippen molar-refractivity contribution in [3.63, 3.8) is 0 Å². The van der Waals surface area contributed by atoms with Crippen LogP contribution in [0.5, 0.6) is 5.75 Å². The summed E-state index contributed by atoms with van der Waals surface area (Å²) in [5, 5.41) is 4.10. The molecule has 2 saturated heterocycles. The maximum absolute atomic E-state index is 12.4. The minimum absolute atomic E-state index is 0.234. The molecule has 13 heteroatoms. The Bertz CT molecular complexity index is 1080. The SMILES string of the molecule is CCO[C@@H]1[C@@H](OC)[C@H](C)O[C@@H](O/N=C/c2ccc(N3CCN(c4ccc(OC(F)(F)F)cc4)CC3)nc2)[C@@H]1OC. The molecule has 5 atom stereocenters. The second-order valence-corrected chi connectivity index (χ2v) is 9.34. The van der Waals surface area contributed by atoms with E-state index in [-0.39, 0.29) is 24.1 Å². The van der Waals surface area contributed by atoms with E-state index >= 15 is 0 Å². The third-order valence-electron chi connectivity index (χ3n) is 6.81. The Hall–Kier alpha value is -3.13. The van der Waals surface area contributed by atoms with Gasteiger partial charge in [0.05, 0.1) is 12.3 Å². The highest BCUT2D eigenvalue weighted by atomic mass is 19.4. The van der Waals surface area contributed by atoms with E-state index < -0.39 is 18.8 Å². The lowest BCUT2D eigenvalue weighted by molar-refractivity contribution is -0.308. The quantitative estimate of drug-likeness (QED) is 0.314. The first kappa shape index (κ1) is 29.8. The fourth-order valence-corrected chi connectivity index (χ4v) is 4.88. The molecule has 3 heterocycles. The second-order valence-electron chi connectivity index (χ2n) is 9.34. The number of benzene rings is 1. The first-order chi connectivity index (χ1) is 19.2. The summed E-state index contributed by atoms with van der Waals surface area (Å²) in [4.78, 5) is 14.5. The van der Waals surface area contributed by atoms with Crippen molar-refractivity contribution in [3.05, 3.63) is 48.2 Å². The summed E-state index contributed by atoms with van der Waals surface area (Å²) in [6, 6.07) is 9.71. The highest BCUT2D eigenvalue weighted by Gasteiger charge is 2.47. The molecule has 2 aliphatic heterocycles. The molecule has 0 bridgehead atoms. The smallest absolute Gasteiger partial charge is 0.406 e. The molecule has 220 valence electrons. The minimum Gasteiger partial charge on any atom is -0.406 e. The van der Waals surface area contributed by atoms with Gasteiger partial charge in [0.25, 0.3) is 6.29 Å². The zero-order valence-electron chi connectivity index (χ0n) is 22.9. The summed E-state index contributed by atoms with van der Waals surface area (Å²) in [6.45, 7) is 7.11. The maximum atomic E-state index is 12.4. The van der Waals surface area contributed by atoms with E-state index in [9.17, 15) is 13.2 Å². The van der Waals surface area contributed by atoms with Crippen LogP contribution in [-0.2, 0) is 23.8 Å². The molecule has 40 heavy (non-hydrogen) atoms. The lowest BCUT2D eigenvalue weighted by Crippen LogP contribution is -2.59. The van der Waals surface area contributed by atoms with E-state index in [0.717, 1.165) is 17.1 Å². The van der Waals surface area contributed by atoms with Crippen LogP contribution >= 0.6 is 0 Å². The summed E-state index contributed by atoms with van der Waals surface area (Å²) in [5.41, 5.74) is 1.59. The lowest BCUT2D eigenvalue weighted by Gasteiger charge is -2.42. The molecule has 4 rings (SSSR count). The van der Waals surface area contributed by atoms with E-state index in [0.29, 0.717) is 32.8 Å². The lowest BCUT2D eigenvalue weighted by atomic mass is 9.99. The molecule has 1 aromatic carbocycles. The fourth-order valence-electron chi connectivity index (χ4n) is 4.88. The number of hydrogen-bond donors (Lipinski definition) is 0. The molecule has 10 nitrogen and oxygen atoms in total. The Balaban J connectivity index is 1.28. The molecule has 0 radical (unpaired) electrons. The first-order valence-electron chi connectivity index (χ1n) is 13.1. The number of halogens is 3. The average molecular weight is 569 g/mol. The molecular weight excluding hydrogens is 533 g/mol. The van der Waals surface area contributed by atoms with E-state index in [1.54, 1.807) is 38.8 Å². The summed E-state index contributed by atoms with van der Waals surface area (Å²) in [7, 11) is 3.17. The number of pyridine rings is 1. The third-order valence-corrected chi connectivity index (χ3v) is 6.81. The number of alkyl halides is 3. The van der Waals surface area contributed by atoms with Crippen LogP contribution in [0.2, 0.25) is 0 Å². The predicted molar refractivity (Wildman–Crippen MR) is 142 cm³/mol. The zero-order valence-corrected chi connectivity index (χ0v) is 22.9. The molecule has 0 spiro atoms. The van der Waals surface area contributed by atoms with Crippen molar-refractivity contribution in [2.75, 3.05) is 56.8 Å². The number of ether oxygens (including phenoxy) is 5. The molecule has 2 aromatic rings. The summed E-state index contributed by atoms with van der Waals surface area (Å²) in [6.07, 6.45) is -3.68. The number of oxime groups is 1. The Morgan fingerprint density at radius 1 is 0.975 bits per heavy atom. The molecule has 2 fully saturated rings. The van der Waals surface area contributed by atoms with E-state index in [1.807, 2.05) is 26.0 Å². The van der Waals surface area contributed by atoms with Gasteiger partial charge in [-0.2, -0.15) is 0 Å². The van der Waals surface area contributed by atoms with Crippen molar-refractivity contribution < 1.29 is 41.7 Å². The molecule has 2 aliphatic rings. The van der Waals surface area contributed by atoms with Crippen LogP contribution in [0.1, 0.15) is 19.4 Å². The van der Waals surface area contributed by atoms with Gasteiger partial charge in [-0.15, -0.1) is 13.2 Å². The molecule has 0 N–H and O–H groups in total. The Labute approximate surface area is 231 Å². The molecule has 0 unspecified atom stereocenters. The summed E-state index contributed by atoms with van der Waals surface area (Å²) < 4.78 is 64.0. The second kappa shape index (κ2) is 13.5. The number of methoxy groups -OCH3 is 2. The maximum Gasteiger partial charge on any atom is 0.573 e. The number of piperazine rings is 1. The highest BCUT2D eigenvalue weighted by molar-refractivity contribution is 5.79. The van der Waals surface area contributed by atoms with E-state index in [4.69, 9.17) is 23.8 Å². The monoisotopic (exact) mass is 568 g/mol. The van der Waals surface area contributed by atoms with Gasteiger partial charge >= 0.3 is 6.36 Å². The standard InChI is InChI=1S/C27H35F3N4O6/c1-5-37-24-23(35-3)18(2)38-26(25(24)36-4)40-32-17-19-6-11-22(31-16-19)34-14-12-33(13-15-34)20-7-9-21(10-8-20)39-27(28,29)30/h6-11,16-18,23-26H,5,12-15H2,1-4H3/b32-17+/t18-,23-,24+,25+,26-/m0/s1. The van der Waals surface area contributed by atoms with Gasteiger partial charge in [-0.05, 0) is 50.2 Å². The molecule has 0 amide bonds. The Morgan fingerprint density at radius 2 is 1.65 bits per heavy atom. The van der Waals surface area contributed by atoms with Crippen LogP contribution in [0.25, 0.3) is 0 Å². The van der Waals surface area contributed by atoms with Crippen molar-refractivity contribution >= 4 is 17.7 Å². The summed E-state index contributed by atoms with van der Waals surface area (Å²) in [5.74, 6) is 0.586. The van der Waals surface area contributed by atoms with E-state index in [1.165, 1.54) is 12.1 Å². The van der Waals surface area contributed by atoms with Crippen molar-refractivity contribution in [1.82, 2.24) is 4.98 Å². The predicted octanol–water partition coefficient (Wildman–Crippen LogP) is 3.84. The fraction of sp³-hybridized carbons (Fsp3) is 0.556. The minimum atomic E-state index is -4.70. The largest absolute Gasteiger partial charge is 0.573 e. The summed E-state index contributed by atoms with van der Waals surface area (Å²) >= 11 is 0. The van der Waals surface area contributed by atoms with Crippen molar-refractivity contribution in [2.45, 2.75) is 50.9 Å². The van der Waals surface area contributed by atoms with Gasteiger partial charge < -0.3 is 38.3 Å². The molecule has 1 aromatic heterocycles. The van der Waals surface area contributed by atoms with Gasteiger partial charge in [-0.3, -0.25) is 0 Å². The van der Waals surface area contributed by atoms with Gasteiger partial charge in [0.2, 0.25) is 0 Å². The normalized spacial score (nSPS) is 25.8. The Kier molecular flexibility index (Phi) is 10.1. The number of aromatic nitrogens is 1. The van der Waals surface area contributed by atoms with E-state index in [2.05, 4.69) is 24.7 Å². The van der Waals surface area contributed by atoms with Crippen LogP contribution in [0, 0.1) is 0 Å². The molecular formula is C27H35F3N4O6. The first-order valence-corrected chi connectivity index (χ1v) is 13.1. The number of rotatable bonds is 10. The van der Waals surface area contributed by atoms with Crippen molar-refractivity contribution in [2.24, 2.45) is 5.16 Å². The van der Waals surface area contributed by atoms with Crippen molar-refractivity contribution in [3.8, 4) is 5.75 Å². The topological polar surface area (TPSA) is 87.1 Å². The van der Waals surface area contributed by atoms with Gasteiger partial charge in [-0.1, -0.05) is 5.16 Å². The zero-order chi connectivity index (χ0) is 28.7. The number of nitrogens with zero attached hydrogens (tertiary/aromatic N) is 4. The van der Waals surface area contributed by atoms with Gasteiger partial charge in [0.1, 0.15) is 23.8 Å². The number of hydrogen-bond acceptors (Lipinski definition) is 10. The van der Waals surface area contributed by atoms with Crippen LogP contribution in [0.15, 0.2) is 47.8 Å². The van der Waals surface area contributed by atoms with Gasteiger partial charge in [0, 0.05) is 64.5 Å². The molecule has 0 aliphatic carbocycles. The average Bonchev–Trinajstić information content (AvgIpc) is 2.93. The van der Waals surface area contributed by atoms with Crippen LogP contribution < -0.4 is 14.5 Å². The van der Waals surface area contributed by atoms with Crippen LogP contribution in [0.4, 0.5) is 24.7 Å². The van der Waals surface area contributed by atoms with Gasteiger partial charge in [-0.25, -0.2) is 4.98 Å². The van der Waals surface area contributed by atoms with Crippen molar-refractivity contribution in [1.29, 1.82) is 0 Å². The van der Waals surface area contributed by atoms with Crippen LogP contribution in [0.3, 0.4) is 0 Å². The third kappa shape index (κ3) is 7.53. The highest BCUT2D eigenvalue weighted by Crippen LogP contribution is 2.29. The Morgan fingerprint density at radius 3 is 2.23 bits per heavy atom. The molecule has 0 saturated carbocycles. The number of anilines is 2. The van der Waals surface area contributed by atoms with Gasteiger partial charge in [0.15, 0.2) is 6.10 Å².